The number of hydrogen-bond acceptors (Lipinski definition) is 3. The van der Waals surface area contributed by atoms with Crippen LogP contribution in [0.3, 0.4) is 0 Å². The molecule has 0 fully saturated rings. The van der Waals surface area contributed by atoms with Crippen molar-refractivity contribution in [1.82, 2.24) is 10.2 Å². The maximum Gasteiger partial charge on any atom is 0.234 e. The van der Waals surface area contributed by atoms with Gasteiger partial charge in [0, 0.05) is 19.2 Å². The number of rotatable bonds is 8. The maximum atomic E-state index is 13.0. The second-order valence-electron chi connectivity index (χ2n) is 4.55. The van der Waals surface area contributed by atoms with Crippen LogP contribution in [0.2, 0.25) is 0 Å². The highest BCUT2D eigenvalue weighted by atomic mass is 19.1. The van der Waals surface area contributed by atoms with E-state index < -0.39 is 11.6 Å². The molecule has 0 spiro atoms. The highest BCUT2D eigenvalue weighted by Gasteiger charge is 2.09. The number of halogens is 2. The van der Waals surface area contributed by atoms with Crippen molar-refractivity contribution in [2.75, 3.05) is 26.2 Å². The number of hydrogen-bond donors (Lipinski definition) is 2. The zero-order valence-corrected chi connectivity index (χ0v) is 11.5. The van der Waals surface area contributed by atoms with Crippen LogP contribution in [-0.2, 0) is 11.3 Å². The van der Waals surface area contributed by atoms with Gasteiger partial charge in [0.25, 0.3) is 0 Å². The SMILES string of the molecule is CCCN(CCO)CC(=O)NCc1cc(F)cc(F)c1. The molecule has 0 aliphatic heterocycles. The van der Waals surface area contributed by atoms with Gasteiger partial charge in [0.2, 0.25) is 5.91 Å². The Morgan fingerprint density at radius 2 is 1.90 bits per heavy atom. The van der Waals surface area contributed by atoms with E-state index in [9.17, 15) is 13.6 Å². The summed E-state index contributed by atoms with van der Waals surface area (Å²) in [6.45, 7) is 3.34. The summed E-state index contributed by atoms with van der Waals surface area (Å²) in [5.74, 6) is -1.57. The van der Waals surface area contributed by atoms with Crippen molar-refractivity contribution in [1.29, 1.82) is 0 Å². The summed E-state index contributed by atoms with van der Waals surface area (Å²) in [7, 11) is 0. The molecular weight excluding hydrogens is 266 g/mol. The van der Waals surface area contributed by atoms with Gasteiger partial charge in [-0.2, -0.15) is 0 Å². The Morgan fingerprint density at radius 3 is 2.45 bits per heavy atom. The van der Waals surface area contributed by atoms with Crippen LogP contribution in [0.15, 0.2) is 18.2 Å². The molecule has 0 bridgehead atoms. The first-order valence-electron chi connectivity index (χ1n) is 6.60. The number of nitrogens with one attached hydrogen (secondary N) is 1. The van der Waals surface area contributed by atoms with Gasteiger partial charge in [0.05, 0.1) is 13.2 Å². The fraction of sp³-hybridized carbons (Fsp3) is 0.500. The second kappa shape index (κ2) is 8.60. The smallest absolute Gasteiger partial charge is 0.234 e. The summed E-state index contributed by atoms with van der Waals surface area (Å²) < 4.78 is 25.9. The van der Waals surface area contributed by atoms with E-state index in [0.717, 1.165) is 12.5 Å². The number of carbonyl (C=O) groups is 1. The summed E-state index contributed by atoms with van der Waals surface area (Å²) in [6, 6.07) is 3.15. The van der Waals surface area contributed by atoms with Crippen molar-refractivity contribution in [3.63, 3.8) is 0 Å². The molecule has 0 heterocycles. The summed E-state index contributed by atoms with van der Waals surface area (Å²) >= 11 is 0. The van der Waals surface area contributed by atoms with Crippen LogP contribution in [0.5, 0.6) is 0 Å². The molecule has 0 aliphatic carbocycles. The van der Waals surface area contributed by atoms with Gasteiger partial charge in [0.1, 0.15) is 11.6 Å². The van der Waals surface area contributed by atoms with Gasteiger partial charge in [-0.05, 0) is 30.7 Å². The molecule has 20 heavy (non-hydrogen) atoms. The van der Waals surface area contributed by atoms with E-state index in [1.165, 1.54) is 12.1 Å². The monoisotopic (exact) mass is 286 g/mol. The van der Waals surface area contributed by atoms with Crippen molar-refractivity contribution in [2.45, 2.75) is 19.9 Å². The van der Waals surface area contributed by atoms with Crippen LogP contribution in [-0.4, -0.2) is 42.2 Å². The fourth-order valence-electron chi connectivity index (χ4n) is 1.90. The second-order valence-corrected chi connectivity index (χ2v) is 4.55. The van der Waals surface area contributed by atoms with Gasteiger partial charge in [0.15, 0.2) is 0 Å². The third-order valence-electron chi connectivity index (χ3n) is 2.74. The van der Waals surface area contributed by atoms with Crippen LogP contribution in [0.1, 0.15) is 18.9 Å². The molecule has 0 saturated heterocycles. The number of aliphatic hydroxyl groups excluding tert-OH is 1. The van der Waals surface area contributed by atoms with Crippen LogP contribution in [0.25, 0.3) is 0 Å². The summed E-state index contributed by atoms with van der Waals surface area (Å²) in [6.07, 6.45) is 0.877. The highest BCUT2D eigenvalue weighted by molar-refractivity contribution is 5.78. The third kappa shape index (κ3) is 6.08. The average molecular weight is 286 g/mol. The summed E-state index contributed by atoms with van der Waals surface area (Å²) in [4.78, 5) is 13.5. The quantitative estimate of drug-likeness (QED) is 0.757. The van der Waals surface area contributed by atoms with E-state index >= 15 is 0 Å². The van der Waals surface area contributed by atoms with Crippen molar-refractivity contribution in [2.24, 2.45) is 0 Å². The van der Waals surface area contributed by atoms with Crippen molar-refractivity contribution in [3.05, 3.63) is 35.4 Å². The molecule has 6 heteroatoms. The molecule has 0 atom stereocenters. The molecule has 1 amide bonds. The third-order valence-corrected chi connectivity index (χ3v) is 2.74. The van der Waals surface area contributed by atoms with E-state index in [-0.39, 0.29) is 25.6 Å². The zero-order chi connectivity index (χ0) is 15.0. The minimum atomic E-state index is -0.665. The Hall–Kier alpha value is -1.53. The van der Waals surface area contributed by atoms with Gasteiger partial charge >= 0.3 is 0 Å². The number of carbonyl (C=O) groups excluding carboxylic acids is 1. The molecule has 112 valence electrons. The molecule has 2 N–H and O–H groups in total. The van der Waals surface area contributed by atoms with Crippen LogP contribution < -0.4 is 5.32 Å². The Labute approximate surface area is 117 Å². The summed E-state index contributed by atoms with van der Waals surface area (Å²) in [5.41, 5.74) is 0.375. The number of aliphatic hydroxyl groups is 1. The molecule has 1 aromatic carbocycles. The minimum absolute atomic E-state index is 0.0115. The lowest BCUT2D eigenvalue weighted by Crippen LogP contribution is -2.38. The van der Waals surface area contributed by atoms with Crippen molar-refractivity contribution >= 4 is 5.91 Å². The summed E-state index contributed by atoms with van der Waals surface area (Å²) in [5, 5.41) is 11.5. The predicted octanol–water partition coefficient (Wildman–Crippen LogP) is 1.29. The first kappa shape index (κ1) is 16.5. The Balaban J connectivity index is 2.45. The van der Waals surface area contributed by atoms with E-state index in [0.29, 0.717) is 18.7 Å². The molecule has 0 aromatic heterocycles. The Morgan fingerprint density at radius 1 is 1.25 bits per heavy atom. The van der Waals surface area contributed by atoms with E-state index in [2.05, 4.69) is 5.32 Å². The van der Waals surface area contributed by atoms with Gasteiger partial charge in [-0.1, -0.05) is 6.92 Å². The van der Waals surface area contributed by atoms with Gasteiger partial charge in [-0.25, -0.2) is 8.78 Å². The van der Waals surface area contributed by atoms with E-state index in [1.807, 2.05) is 11.8 Å². The topological polar surface area (TPSA) is 52.6 Å². The lowest BCUT2D eigenvalue weighted by atomic mass is 10.2. The average Bonchev–Trinajstić information content (AvgIpc) is 2.36. The van der Waals surface area contributed by atoms with Crippen LogP contribution in [0, 0.1) is 11.6 Å². The van der Waals surface area contributed by atoms with Gasteiger partial charge in [-0.3, -0.25) is 9.69 Å². The van der Waals surface area contributed by atoms with Crippen molar-refractivity contribution < 1.29 is 18.7 Å². The van der Waals surface area contributed by atoms with Gasteiger partial charge in [-0.15, -0.1) is 0 Å². The lowest BCUT2D eigenvalue weighted by molar-refractivity contribution is -0.122. The minimum Gasteiger partial charge on any atom is -0.395 e. The first-order valence-corrected chi connectivity index (χ1v) is 6.60. The number of benzene rings is 1. The molecular formula is C14H20F2N2O2. The Bertz CT molecular complexity index is 415. The molecule has 0 radical (unpaired) electrons. The Kier molecular flexibility index (Phi) is 7.11. The van der Waals surface area contributed by atoms with Gasteiger partial charge < -0.3 is 10.4 Å². The van der Waals surface area contributed by atoms with Crippen LogP contribution in [0.4, 0.5) is 8.78 Å². The lowest BCUT2D eigenvalue weighted by Gasteiger charge is -2.19. The molecule has 1 rings (SSSR count). The standard InChI is InChI=1S/C14H20F2N2O2/c1-2-3-18(4-5-19)10-14(20)17-9-11-6-12(15)8-13(16)7-11/h6-8,19H,2-5,9-10H2,1H3,(H,17,20). The normalized spacial score (nSPS) is 10.8. The van der Waals surface area contributed by atoms with Crippen molar-refractivity contribution in [3.8, 4) is 0 Å². The van der Waals surface area contributed by atoms with E-state index in [1.54, 1.807) is 0 Å². The predicted molar refractivity (Wildman–Crippen MR) is 72.0 cm³/mol. The fourth-order valence-corrected chi connectivity index (χ4v) is 1.90. The molecule has 0 saturated carbocycles. The zero-order valence-electron chi connectivity index (χ0n) is 11.5. The maximum absolute atomic E-state index is 13.0. The highest BCUT2D eigenvalue weighted by Crippen LogP contribution is 2.07. The molecule has 0 unspecified atom stereocenters. The van der Waals surface area contributed by atoms with Crippen LogP contribution >= 0.6 is 0 Å². The molecule has 0 aliphatic rings. The van der Waals surface area contributed by atoms with E-state index in [4.69, 9.17) is 5.11 Å². The largest absolute Gasteiger partial charge is 0.395 e. The molecule has 1 aromatic rings. The number of amides is 1. The number of nitrogens with zero attached hydrogens (tertiary/aromatic N) is 1. The first-order chi connectivity index (χ1) is 9.55. The molecule has 4 nitrogen and oxygen atoms in total.